The molecule has 1 aromatic rings. The molecule has 112 valence electrons. The molecule has 0 spiro atoms. The molecule has 0 aliphatic carbocycles. The molecule has 0 saturated carbocycles. The van der Waals surface area contributed by atoms with Gasteiger partial charge in [-0.05, 0) is 51.5 Å². The van der Waals surface area contributed by atoms with E-state index in [0.29, 0.717) is 11.3 Å². The van der Waals surface area contributed by atoms with Gasteiger partial charge in [0.05, 0.1) is 4.90 Å². The number of carbonyl (C=O) groups excluding carboxylic acids is 1. The summed E-state index contributed by atoms with van der Waals surface area (Å²) in [5, 5.41) is 7.81. The summed E-state index contributed by atoms with van der Waals surface area (Å²) in [5.74, 6) is 0.189. The van der Waals surface area contributed by atoms with Crippen LogP contribution in [0.5, 0.6) is 5.75 Å². The van der Waals surface area contributed by atoms with Crippen molar-refractivity contribution in [1.82, 2.24) is 5.32 Å². The number of nitrogens with one attached hydrogen (secondary N) is 1. The lowest BCUT2D eigenvalue weighted by atomic mass is 10.2. The fourth-order valence-electron chi connectivity index (χ4n) is 1.67. The van der Waals surface area contributed by atoms with E-state index in [-0.39, 0.29) is 16.8 Å². The number of ether oxygens (including phenoxy) is 1. The first-order valence-corrected chi connectivity index (χ1v) is 7.76. The normalized spacial score (nSPS) is 13.1. The Bertz CT molecular complexity index is 596. The van der Waals surface area contributed by atoms with E-state index in [2.05, 4.69) is 5.32 Å². The van der Waals surface area contributed by atoms with Crippen LogP contribution in [0.25, 0.3) is 0 Å². The van der Waals surface area contributed by atoms with Crippen LogP contribution in [0, 0.1) is 6.92 Å². The predicted molar refractivity (Wildman–Crippen MR) is 75.9 cm³/mol. The first-order chi connectivity index (χ1) is 9.11. The van der Waals surface area contributed by atoms with Gasteiger partial charge in [-0.1, -0.05) is 0 Å². The van der Waals surface area contributed by atoms with Gasteiger partial charge in [0.25, 0.3) is 5.91 Å². The quantitative estimate of drug-likeness (QED) is 0.845. The molecule has 0 aliphatic rings. The Balaban J connectivity index is 2.85. The molecule has 0 aliphatic heterocycles. The summed E-state index contributed by atoms with van der Waals surface area (Å²) in [6.07, 6.45) is -0.669. The monoisotopic (exact) mass is 300 g/mol. The van der Waals surface area contributed by atoms with Crippen LogP contribution in [-0.4, -0.2) is 26.5 Å². The van der Waals surface area contributed by atoms with Crippen LogP contribution in [0.4, 0.5) is 0 Å². The number of sulfonamides is 1. The highest BCUT2D eigenvalue weighted by molar-refractivity contribution is 7.89. The fourth-order valence-corrected chi connectivity index (χ4v) is 2.44. The zero-order valence-electron chi connectivity index (χ0n) is 12.0. The summed E-state index contributed by atoms with van der Waals surface area (Å²) in [5.41, 5.74) is 0.474. The number of amides is 1. The Kier molecular flexibility index (Phi) is 5.13. The third kappa shape index (κ3) is 4.50. The summed E-state index contributed by atoms with van der Waals surface area (Å²) in [4.78, 5) is 11.8. The molecule has 6 nitrogen and oxygen atoms in total. The van der Waals surface area contributed by atoms with Crippen molar-refractivity contribution in [3.05, 3.63) is 23.8 Å². The van der Waals surface area contributed by atoms with Crippen LogP contribution in [0.1, 0.15) is 26.3 Å². The molecule has 20 heavy (non-hydrogen) atoms. The van der Waals surface area contributed by atoms with E-state index >= 15 is 0 Å². The molecule has 1 amide bonds. The van der Waals surface area contributed by atoms with E-state index in [0.717, 1.165) is 0 Å². The number of hydrogen-bond donors (Lipinski definition) is 2. The molecule has 0 saturated heterocycles. The van der Waals surface area contributed by atoms with Gasteiger partial charge in [0.1, 0.15) is 5.75 Å². The molecule has 3 N–H and O–H groups in total. The predicted octanol–water partition coefficient (Wildman–Crippen LogP) is 0.934. The Morgan fingerprint density at radius 1 is 1.30 bits per heavy atom. The van der Waals surface area contributed by atoms with Crippen LogP contribution < -0.4 is 15.2 Å². The fraction of sp³-hybridized carbons (Fsp3) is 0.462. The highest BCUT2D eigenvalue weighted by Gasteiger charge is 2.17. The topological polar surface area (TPSA) is 98.5 Å². The second-order valence-electron chi connectivity index (χ2n) is 4.90. The number of rotatable bonds is 5. The average molecular weight is 300 g/mol. The Morgan fingerprint density at radius 3 is 2.35 bits per heavy atom. The molecule has 1 rings (SSSR count). The van der Waals surface area contributed by atoms with Crippen LogP contribution in [0.3, 0.4) is 0 Å². The van der Waals surface area contributed by atoms with Crippen molar-refractivity contribution in [2.45, 2.75) is 44.7 Å². The lowest BCUT2D eigenvalue weighted by molar-refractivity contribution is -0.127. The van der Waals surface area contributed by atoms with Gasteiger partial charge in [0, 0.05) is 6.04 Å². The standard InChI is InChI=1S/C13H20N2O4S/c1-8(2)15-13(16)10(4)19-11-5-6-12(9(3)7-11)20(14,17)18/h5-8,10H,1-4H3,(H,15,16)(H2,14,17,18). The molecule has 1 aromatic carbocycles. The van der Waals surface area contributed by atoms with Gasteiger partial charge in [0.15, 0.2) is 6.10 Å². The Morgan fingerprint density at radius 2 is 1.90 bits per heavy atom. The van der Waals surface area contributed by atoms with Gasteiger partial charge in [-0.25, -0.2) is 13.6 Å². The summed E-state index contributed by atoms with van der Waals surface area (Å²) in [6, 6.07) is 4.41. The van der Waals surface area contributed by atoms with E-state index in [1.54, 1.807) is 19.9 Å². The van der Waals surface area contributed by atoms with Gasteiger partial charge < -0.3 is 10.1 Å². The lowest BCUT2D eigenvalue weighted by Gasteiger charge is -2.17. The SMILES string of the molecule is Cc1cc(OC(C)C(=O)NC(C)C)ccc1S(N)(=O)=O. The summed E-state index contributed by atoms with van der Waals surface area (Å²) in [7, 11) is -3.75. The molecule has 0 heterocycles. The Hall–Kier alpha value is -1.60. The van der Waals surface area contributed by atoms with Crippen LogP contribution >= 0.6 is 0 Å². The number of hydrogen-bond acceptors (Lipinski definition) is 4. The molecule has 7 heteroatoms. The number of benzene rings is 1. The zero-order valence-corrected chi connectivity index (χ0v) is 12.8. The maximum atomic E-state index is 11.7. The van der Waals surface area contributed by atoms with E-state index in [1.165, 1.54) is 12.1 Å². The zero-order chi connectivity index (χ0) is 15.5. The maximum absolute atomic E-state index is 11.7. The van der Waals surface area contributed by atoms with Gasteiger partial charge in [-0.2, -0.15) is 0 Å². The van der Waals surface area contributed by atoms with Gasteiger partial charge >= 0.3 is 0 Å². The van der Waals surface area contributed by atoms with E-state index in [1.807, 2.05) is 13.8 Å². The second kappa shape index (κ2) is 6.23. The van der Waals surface area contributed by atoms with Crippen molar-refractivity contribution >= 4 is 15.9 Å². The van der Waals surface area contributed by atoms with Crippen molar-refractivity contribution in [2.75, 3.05) is 0 Å². The molecule has 0 radical (unpaired) electrons. The van der Waals surface area contributed by atoms with Gasteiger partial charge in [-0.15, -0.1) is 0 Å². The van der Waals surface area contributed by atoms with E-state index < -0.39 is 16.1 Å². The number of carbonyl (C=O) groups is 1. The minimum atomic E-state index is -3.75. The van der Waals surface area contributed by atoms with E-state index in [4.69, 9.17) is 9.88 Å². The van der Waals surface area contributed by atoms with Crippen molar-refractivity contribution in [3.63, 3.8) is 0 Å². The van der Waals surface area contributed by atoms with E-state index in [9.17, 15) is 13.2 Å². The highest BCUT2D eigenvalue weighted by Crippen LogP contribution is 2.21. The first-order valence-electron chi connectivity index (χ1n) is 6.21. The van der Waals surface area contributed by atoms with Crippen molar-refractivity contribution in [2.24, 2.45) is 5.14 Å². The van der Waals surface area contributed by atoms with Crippen molar-refractivity contribution in [3.8, 4) is 5.75 Å². The lowest BCUT2D eigenvalue weighted by Crippen LogP contribution is -2.40. The molecule has 0 bridgehead atoms. The summed E-state index contributed by atoms with van der Waals surface area (Å²) < 4.78 is 28.1. The van der Waals surface area contributed by atoms with Crippen LogP contribution in [0.2, 0.25) is 0 Å². The molecule has 1 atom stereocenters. The first kappa shape index (κ1) is 16.5. The molecule has 1 unspecified atom stereocenters. The number of aryl methyl sites for hydroxylation is 1. The largest absolute Gasteiger partial charge is 0.481 e. The van der Waals surface area contributed by atoms with Gasteiger partial charge in [-0.3, -0.25) is 4.79 Å². The van der Waals surface area contributed by atoms with Crippen molar-refractivity contribution in [1.29, 1.82) is 0 Å². The number of primary sulfonamides is 1. The van der Waals surface area contributed by atoms with Gasteiger partial charge in [0.2, 0.25) is 10.0 Å². The highest BCUT2D eigenvalue weighted by atomic mass is 32.2. The summed E-state index contributed by atoms with van der Waals surface area (Å²) in [6.45, 7) is 6.96. The third-order valence-corrected chi connectivity index (χ3v) is 3.64. The summed E-state index contributed by atoms with van der Waals surface area (Å²) >= 11 is 0. The van der Waals surface area contributed by atoms with Crippen molar-refractivity contribution < 1.29 is 17.9 Å². The number of nitrogens with two attached hydrogens (primary N) is 1. The van der Waals surface area contributed by atoms with Crippen LogP contribution in [-0.2, 0) is 14.8 Å². The smallest absolute Gasteiger partial charge is 0.260 e. The average Bonchev–Trinajstić information content (AvgIpc) is 2.26. The van der Waals surface area contributed by atoms with Crippen LogP contribution in [0.15, 0.2) is 23.1 Å². The Labute approximate surface area is 119 Å². The minimum Gasteiger partial charge on any atom is -0.481 e. The third-order valence-electron chi connectivity index (χ3n) is 2.57. The molecule has 0 fully saturated rings. The molecular formula is C13H20N2O4S. The second-order valence-corrected chi connectivity index (χ2v) is 6.43. The molecule has 0 aromatic heterocycles. The molecular weight excluding hydrogens is 280 g/mol. The minimum absolute atomic E-state index is 0.0278. The maximum Gasteiger partial charge on any atom is 0.260 e.